The molecule has 0 unspecified atom stereocenters. The molecule has 1 aliphatic carbocycles. The van der Waals surface area contributed by atoms with E-state index in [-0.39, 0.29) is 11.5 Å². The summed E-state index contributed by atoms with van der Waals surface area (Å²) in [6, 6.07) is 25.2. The van der Waals surface area contributed by atoms with Crippen molar-refractivity contribution in [3.8, 4) is 22.8 Å². The second kappa shape index (κ2) is 10.5. The Kier molecular flexibility index (Phi) is 6.76. The fraction of sp³-hybridized carbons (Fsp3) is 0.100. The van der Waals surface area contributed by atoms with Gasteiger partial charge in [0.25, 0.3) is 5.91 Å². The number of aromatic nitrogens is 1. The molecular weight excluding hydrogens is 469 g/mol. The van der Waals surface area contributed by atoms with E-state index in [9.17, 15) is 14.0 Å². The Balaban J connectivity index is 1.27. The van der Waals surface area contributed by atoms with E-state index in [0.717, 1.165) is 23.1 Å². The van der Waals surface area contributed by atoms with Gasteiger partial charge in [-0.05, 0) is 83.8 Å². The fourth-order valence-electron chi connectivity index (χ4n) is 4.28. The number of hydrogen-bond donors (Lipinski definition) is 2. The van der Waals surface area contributed by atoms with Crippen molar-refractivity contribution in [2.45, 2.75) is 18.9 Å². The SMILES string of the molecule is NC(=O)[C@@H](CC1=CCc2ccccc21)NC(=O)c1cccc(-c2ccc(Oc3ccc(F)cc3)cc2)n1. The maximum atomic E-state index is 13.1. The van der Waals surface area contributed by atoms with E-state index in [1.54, 1.807) is 42.5 Å². The maximum Gasteiger partial charge on any atom is 0.270 e. The van der Waals surface area contributed by atoms with Crippen molar-refractivity contribution in [2.24, 2.45) is 5.73 Å². The summed E-state index contributed by atoms with van der Waals surface area (Å²) >= 11 is 0. The molecule has 0 radical (unpaired) electrons. The zero-order valence-electron chi connectivity index (χ0n) is 19.9. The number of pyridine rings is 1. The van der Waals surface area contributed by atoms with Gasteiger partial charge >= 0.3 is 0 Å². The summed E-state index contributed by atoms with van der Waals surface area (Å²) in [5.74, 6) is -0.315. The third-order valence-electron chi connectivity index (χ3n) is 6.19. The van der Waals surface area contributed by atoms with Gasteiger partial charge in [0.15, 0.2) is 0 Å². The Bertz CT molecular complexity index is 1480. The van der Waals surface area contributed by atoms with E-state index in [2.05, 4.69) is 16.4 Å². The second-order valence-corrected chi connectivity index (χ2v) is 8.71. The number of benzene rings is 3. The summed E-state index contributed by atoms with van der Waals surface area (Å²) in [6.07, 6.45) is 3.17. The topological polar surface area (TPSA) is 94.3 Å². The van der Waals surface area contributed by atoms with Crippen LogP contribution in [0, 0.1) is 5.82 Å². The number of carbonyl (C=O) groups excluding carboxylic acids is 2. The van der Waals surface area contributed by atoms with E-state index in [1.165, 1.54) is 17.7 Å². The molecule has 0 saturated heterocycles. The molecule has 37 heavy (non-hydrogen) atoms. The number of carbonyl (C=O) groups is 2. The normalized spacial score (nSPS) is 12.8. The number of halogens is 1. The smallest absolute Gasteiger partial charge is 0.270 e. The van der Waals surface area contributed by atoms with Crippen LogP contribution in [0.2, 0.25) is 0 Å². The van der Waals surface area contributed by atoms with E-state index in [1.807, 2.05) is 36.4 Å². The molecule has 1 heterocycles. The Morgan fingerprint density at radius 3 is 2.35 bits per heavy atom. The first-order valence-electron chi connectivity index (χ1n) is 11.8. The summed E-state index contributed by atoms with van der Waals surface area (Å²) in [6.45, 7) is 0. The Labute approximate surface area is 213 Å². The molecule has 2 amide bonds. The minimum atomic E-state index is -0.863. The highest BCUT2D eigenvalue weighted by molar-refractivity contribution is 5.97. The van der Waals surface area contributed by atoms with Crippen molar-refractivity contribution in [3.63, 3.8) is 0 Å². The molecule has 1 aromatic heterocycles. The highest BCUT2D eigenvalue weighted by atomic mass is 19.1. The molecule has 3 N–H and O–H groups in total. The number of nitrogens with two attached hydrogens (primary N) is 1. The van der Waals surface area contributed by atoms with Crippen LogP contribution in [0.4, 0.5) is 4.39 Å². The summed E-state index contributed by atoms with van der Waals surface area (Å²) in [4.78, 5) is 29.6. The van der Waals surface area contributed by atoms with Crippen LogP contribution in [-0.4, -0.2) is 22.8 Å². The predicted molar refractivity (Wildman–Crippen MR) is 139 cm³/mol. The fourth-order valence-corrected chi connectivity index (χ4v) is 4.28. The number of fused-ring (bicyclic) bond motifs is 1. The van der Waals surface area contributed by atoms with Crippen molar-refractivity contribution in [1.82, 2.24) is 10.3 Å². The number of hydrogen-bond acceptors (Lipinski definition) is 4. The molecule has 0 bridgehead atoms. The first-order chi connectivity index (χ1) is 18.0. The molecular formula is C30H24FN3O3. The zero-order chi connectivity index (χ0) is 25.8. The third-order valence-corrected chi connectivity index (χ3v) is 6.19. The van der Waals surface area contributed by atoms with Gasteiger partial charge in [0.1, 0.15) is 29.1 Å². The van der Waals surface area contributed by atoms with Crippen LogP contribution in [-0.2, 0) is 11.2 Å². The summed E-state index contributed by atoms with van der Waals surface area (Å²) in [5, 5.41) is 2.75. The quantitative estimate of drug-likeness (QED) is 0.349. The Hall–Kier alpha value is -4.78. The maximum absolute atomic E-state index is 13.1. The lowest BCUT2D eigenvalue weighted by atomic mass is 9.99. The van der Waals surface area contributed by atoms with Gasteiger partial charge in [0.2, 0.25) is 5.91 Å². The summed E-state index contributed by atoms with van der Waals surface area (Å²) in [5.41, 5.74) is 10.4. The van der Waals surface area contributed by atoms with Gasteiger partial charge in [-0.15, -0.1) is 0 Å². The lowest BCUT2D eigenvalue weighted by Crippen LogP contribution is -2.44. The van der Waals surface area contributed by atoms with Gasteiger partial charge in [0, 0.05) is 12.0 Å². The molecule has 0 aliphatic heterocycles. The third kappa shape index (κ3) is 5.56. The Morgan fingerprint density at radius 1 is 0.919 bits per heavy atom. The monoisotopic (exact) mass is 493 g/mol. The number of nitrogens with zero attached hydrogens (tertiary/aromatic N) is 1. The van der Waals surface area contributed by atoms with E-state index >= 15 is 0 Å². The van der Waals surface area contributed by atoms with Gasteiger partial charge < -0.3 is 15.8 Å². The van der Waals surface area contributed by atoms with Gasteiger partial charge in [-0.3, -0.25) is 9.59 Å². The molecule has 4 aromatic rings. The van der Waals surface area contributed by atoms with Gasteiger partial charge in [0.05, 0.1) is 5.69 Å². The molecule has 1 aliphatic rings. The summed E-state index contributed by atoms with van der Waals surface area (Å²) < 4.78 is 18.8. The molecule has 0 spiro atoms. The lowest BCUT2D eigenvalue weighted by Gasteiger charge is -2.17. The minimum absolute atomic E-state index is 0.177. The number of ether oxygens (including phenoxy) is 1. The number of rotatable bonds is 8. The highest BCUT2D eigenvalue weighted by Crippen LogP contribution is 2.30. The molecule has 1 atom stereocenters. The Morgan fingerprint density at radius 2 is 1.62 bits per heavy atom. The molecule has 184 valence electrons. The van der Waals surface area contributed by atoms with Gasteiger partial charge in [-0.2, -0.15) is 0 Å². The number of allylic oxidation sites excluding steroid dienone is 1. The highest BCUT2D eigenvalue weighted by Gasteiger charge is 2.24. The number of amides is 2. The first kappa shape index (κ1) is 23.9. The molecule has 7 heteroatoms. The molecule has 5 rings (SSSR count). The second-order valence-electron chi connectivity index (χ2n) is 8.71. The van der Waals surface area contributed by atoms with Crippen LogP contribution >= 0.6 is 0 Å². The van der Waals surface area contributed by atoms with Crippen LogP contribution < -0.4 is 15.8 Å². The first-order valence-corrected chi connectivity index (χ1v) is 11.8. The van der Waals surface area contributed by atoms with Crippen molar-refractivity contribution < 1.29 is 18.7 Å². The van der Waals surface area contributed by atoms with Crippen molar-refractivity contribution in [1.29, 1.82) is 0 Å². The van der Waals surface area contributed by atoms with E-state index in [4.69, 9.17) is 10.5 Å². The van der Waals surface area contributed by atoms with E-state index in [0.29, 0.717) is 23.6 Å². The average molecular weight is 494 g/mol. The average Bonchev–Trinajstić information content (AvgIpc) is 3.33. The zero-order valence-corrected chi connectivity index (χ0v) is 19.9. The minimum Gasteiger partial charge on any atom is -0.457 e. The molecule has 0 fully saturated rings. The van der Waals surface area contributed by atoms with Crippen LogP contribution in [0.1, 0.15) is 28.0 Å². The van der Waals surface area contributed by atoms with Crippen LogP contribution in [0.25, 0.3) is 16.8 Å². The van der Waals surface area contributed by atoms with E-state index < -0.39 is 17.9 Å². The molecule has 3 aromatic carbocycles. The standard InChI is InChI=1S/C30H24FN3O3/c31-22-12-16-24(17-13-22)37-23-14-10-20(11-15-23)26-6-3-7-27(33-26)30(36)34-28(29(32)35)18-21-9-8-19-4-1-2-5-25(19)21/h1-7,9-17,28H,8,18H2,(H2,32,35)(H,34,36)/t28-/m1/s1. The van der Waals surface area contributed by atoms with Crippen LogP contribution in [0.3, 0.4) is 0 Å². The predicted octanol–water partition coefficient (Wildman–Crippen LogP) is 5.29. The molecule has 0 saturated carbocycles. The lowest BCUT2D eigenvalue weighted by molar-refractivity contribution is -0.119. The van der Waals surface area contributed by atoms with Gasteiger partial charge in [-0.1, -0.05) is 36.4 Å². The van der Waals surface area contributed by atoms with Gasteiger partial charge in [-0.25, -0.2) is 9.37 Å². The van der Waals surface area contributed by atoms with Crippen molar-refractivity contribution in [2.75, 3.05) is 0 Å². The van der Waals surface area contributed by atoms with Crippen LogP contribution in [0.15, 0.2) is 97.1 Å². The largest absolute Gasteiger partial charge is 0.457 e. The summed E-state index contributed by atoms with van der Waals surface area (Å²) in [7, 11) is 0. The number of nitrogens with one attached hydrogen (secondary N) is 1. The van der Waals surface area contributed by atoms with Crippen molar-refractivity contribution >= 4 is 17.4 Å². The van der Waals surface area contributed by atoms with Crippen LogP contribution in [0.5, 0.6) is 11.5 Å². The van der Waals surface area contributed by atoms with Crippen molar-refractivity contribution in [3.05, 3.63) is 120 Å². The molecule has 6 nitrogen and oxygen atoms in total. The number of primary amides is 1.